The molecule has 0 aliphatic rings. The molecule has 0 radical (unpaired) electrons. The first-order chi connectivity index (χ1) is 9.17. The molecule has 0 aliphatic carbocycles. The number of hydrogen-bond donors (Lipinski definition) is 1. The van der Waals surface area contributed by atoms with Crippen molar-refractivity contribution in [2.24, 2.45) is 0 Å². The van der Waals surface area contributed by atoms with Crippen LogP contribution in [0.15, 0.2) is 34.7 Å². The number of nitrogens with one attached hydrogen (secondary N) is 1. The van der Waals surface area contributed by atoms with E-state index in [4.69, 9.17) is 4.42 Å². The molecule has 102 valence electrons. The fourth-order valence-electron chi connectivity index (χ4n) is 2.39. The van der Waals surface area contributed by atoms with E-state index in [-0.39, 0.29) is 6.04 Å². The zero-order valence-corrected chi connectivity index (χ0v) is 12.3. The third kappa shape index (κ3) is 2.90. The van der Waals surface area contributed by atoms with E-state index in [2.05, 4.69) is 63.3 Å². The summed E-state index contributed by atoms with van der Waals surface area (Å²) in [6.07, 6.45) is 0.936. The van der Waals surface area contributed by atoms with Crippen LogP contribution in [0.1, 0.15) is 48.1 Å². The number of rotatable bonds is 5. The van der Waals surface area contributed by atoms with Gasteiger partial charge in [0, 0.05) is 6.42 Å². The summed E-state index contributed by atoms with van der Waals surface area (Å²) in [6.45, 7) is 9.49. The maximum Gasteiger partial charge on any atom is 0.125 e. The van der Waals surface area contributed by atoms with Crippen molar-refractivity contribution in [2.75, 3.05) is 6.54 Å². The van der Waals surface area contributed by atoms with Gasteiger partial charge in [0.1, 0.15) is 11.5 Å². The van der Waals surface area contributed by atoms with Gasteiger partial charge in [-0.15, -0.1) is 0 Å². The molecule has 0 aliphatic heterocycles. The monoisotopic (exact) mass is 257 g/mol. The zero-order chi connectivity index (χ0) is 13.8. The third-order valence-corrected chi connectivity index (χ3v) is 3.68. The molecule has 0 saturated carbocycles. The summed E-state index contributed by atoms with van der Waals surface area (Å²) < 4.78 is 5.93. The zero-order valence-electron chi connectivity index (χ0n) is 12.3. The van der Waals surface area contributed by atoms with Crippen molar-refractivity contribution >= 4 is 0 Å². The van der Waals surface area contributed by atoms with Crippen molar-refractivity contribution in [2.45, 2.75) is 40.2 Å². The van der Waals surface area contributed by atoms with Crippen LogP contribution < -0.4 is 5.32 Å². The lowest BCUT2D eigenvalue weighted by Crippen LogP contribution is -2.22. The minimum atomic E-state index is 0.144. The Kier molecular flexibility index (Phi) is 4.43. The Balaban J connectivity index is 2.42. The summed E-state index contributed by atoms with van der Waals surface area (Å²) in [4.78, 5) is 0. The van der Waals surface area contributed by atoms with Crippen LogP contribution in [0.2, 0.25) is 0 Å². The minimum absolute atomic E-state index is 0.144. The van der Waals surface area contributed by atoms with Gasteiger partial charge in [0.05, 0.1) is 6.04 Å². The van der Waals surface area contributed by atoms with Gasteiger partial charge < -0.3 is 9.73 Å². The molecule has 19 heavy (non-hydrogen) atoms. The topological polar surface area (TPSA) is 25.2 Å². The molecule has 2 aromatic rings. The summed E-state index contributed by atoms with van der Waals surface area (Å²) in [5.41, 5.74) is 3.96. The van der Waals surface area contributed by atoms with Gasteiger partial charge >= 0.3 is 0 Å². The van der Waals surface area contributed by atoms with Gasteiger partial charge in [0.2, 0.25) is 0 Å². The Bertz CT molecular complexity index is 542. The first kappa shape index (κ1) is 13.9. The molecule has 1 N–H and O–H groups in total. The lowest BCUT2D eigenvalue weighted by atomic mass is 9.96. The fourth-order valence-corrected chi connectivity index (χ4v) is 2.39. The summed E-state index contributed by atoms with van der Waals surface area (Å²) in [5.74, 6) is 2.05. The number of hydrogen-bond acceptors (Lipinski definition) is 2. The van der Waals surface area contributed by atoms with Crippen LogP contribution in [-0.4, -0.2) is 6.54 Å². The predicted molar refractivity (Wildman–Crippen MR) is 79.5 cm³/mol. The van der Waals surface area contributed by atoms with Gasteiger partial charge in [-0.3, -0.25) is 0 Å². The molecule has 1 aromatic heterocycles. The summed E-state index contributed by atoms with van der Waals surface area (Å²) in [6, 6.07) is 10.8. The van der Waals surface area contributed by atoms with Gasteiger partial charge in [0.25, 0.3) is 0 Å². The molecule has 1 aromatic carbocycles. The lowest BCUT2D eigenvalue weighted by Gasteiger charge is -2.19. The normalized spacial score (nSPS) is 12.6. The van der Waals surface area contributed by atoms with Gasteiger partial charge in [-0.1, -0.05) is 32.0 Å². The Morgan fingerprint density at radius 3 is 2.53 bits per heavy atom. The molecule has 2 rings (SSSR count). The van der Waals surface area contributed by atoms with E-state index in [1.165, 1.54) is 16.7 Å². The molecule has 1 heterocycles. The second kappa shape index (κ2) is 6.07. The van der Waals surface area contributed by atoms with Gasteiger partial charge in [0.15, 0.2) is 0 Å². The van der Waals surface area contributed by atoms with Crippen molar-refractivity contribution in [1.82, 2.24) is 5.32 Å². The Morgan fingerprint density at radius 1 is 1.11 bits per heavy atom. The molecule has 1 atom stereocenters. The summed E-state index contributed by atoms with van der Waals surface area (Å²) in [5, 5.41) is 3.53. The number of benzene rings is 1. The maximum absolute atomic E-state index is 5.93. The fraction of sp³-hybridized carbons (Fsp3) is 0.412. The molecule has 1 unspecified atom stereocenters. The number of furan rings is 1. The van der Waals surface area contributed by atoms with E-state index in [0.717, 1.165) is 24.5 Å². The van der Waals surface area contributed by atoms with Gasteiger partial charge in [-0.05, 0) is 49.2 Å². The standard InChI is InChI=1S/C17H23NO/c1-5-14-10-11-16(19-14)17(18-6-2)15-9-7-8-12(3)13(15)4/h7-11,17-18H,5-6H2,1-4H3. The van der Waals surface area contributed by atoms with Crippen LogP contribution in [0.3, 0.4) is 0 Å². The van der Waals surface area contributed by atoms with E-state index in [0.29, 0.717) is 0 Å². The highest BCUT2D eigenvalue weighted by Gasteiger charge is 2.19. The molecular formula is C17H23NO. The smallest absolute Gasteiger partial charge is 0.125 e. The van der Waals surface area contributed by atoms with Crippen molar-refractivity contribution in [3.8, 4) is 0 Å². The third-order valence-electron chi connectivity index (χ3n) is 3.68. The predicted octanol–water partition coefficient (Wildman–Crippen LogP) is 4.16. The Morgan fingerprint density at radius 2 is 1.89 bits per heavy atom. The molecule has 0 saturated heterocycles. The molecule has 0 amide bonds. The molecule has 0 fully saturated rings. The lowest BCUT2D eigenvalue weighted by molar-refractivity contribution is 0.425. The summed E-state index contributed by atoms with van der Waals surface area (Å²) in [7, 11) is 0. The minimum Gasteiger partial charge on any atom is -0.464 e. The van der Waals surface area contributed by atoms with E-state index in [9.17, 15) is 0 Å². The van der Waals surface area contributed by atoms with Gasteiger partial charge in [-0.25, -0.2) is 0 Å². The Labute approximate surface area is 115 Å². The molecule has 0 spiro atoms. The highest BCUT2D eigenvalue weighted by atomic mass is 16.3. The quantitative estimate of drug-likeness (QED) is 0.870. The first-order valence-corrected chi connectivity index (χ1v) is 7.05. The van der Waals surface area contributed by atoms with E-state index in [1.54, 1.807) is 0 Å². The van der Waals surface area contributed by atoms with Crippen molar-refractivity contribution in [3.63, 3.8) is 0 Å². The van der Waals surface area contributed by atoms with Crippen LogP contribution in [0.5, 0.6) is 0 Å². The van der Waals surface area contributed by atoms with Crippen LogP contribution in [0.4, 0.5) is 0 Å². The van der Waals surface area contributed by atoms with Crippen molar-refractivity contribution in [3.05, 3.63) is 58.5 Å². The molecule has 2 nitrogen and oxygen atoms in total. The second-order valence-electron chi connectivity index (χ2n) is 4.94. The highest BCUT2D eigenvalue weighted by Crippen LogP contribution is 2.28. The van der Waals surface area contributed by atoms with E-state index < -0.39 is 0 Å². The van der Waals surface area contributed by atoms with E-state index >= 15 is 0 Å². The summed E-state index contributed by atoms with van der Waals surface area (Å²) >= 11 is 0. The van der Waals surface area contributed by atoms with Crippen LogP contribution in [-0.2, 0) is 6.42 Å². The van der Waals surface area contributed by atoms with Crippen LogP contribution in [0.25, 0.3) is 0 Å². The average molecular weight is 257 g/mol. The van der Waals surface area contributed by atoms with Crippen molar-refractivity contribution in [1.29, 1.82) is 0 Å². The SMILES string of the molecule is CCNC(c1ccc(CC)o1)c1cccc(C)c1C. The van der Waals surface area contributed by atoms with Crippen molar-refractivity contribution < 1.29 is 4.42 Å². The van der Waals surface area contributed by atoms with Crippen LogP contribution >= 0.6 is 0 Å². The van der Waals surface area contributed by atoms with Gasteiger partial charge in [-0.2, -0.15) is 0 Å². The molecule has 2 heteroatoms. The largest absolute Gasteiger partial charge is 0.464 e. The number of aryl methyl sites for hydroxylation is 2. The van der Waals surface area contributed by atoms with E-state index in [1.807, 2.05) is 0 Å². The first-order valence-electron chi connectivity index (χ1n) is 7.05. The Hall–Kier alpha value is -1.54. The molecule has 0 bridgehead atoms. The second-order valence-corrected chi connectivity index (χ2v) is 4.94. The maximum atomic E-state index is 5.93. The molecular weight excluding hydrogens is 234 g/mol. The average Bonchev–Trinajstić information content (AvgIpc) is 2.88. The van der Waals surface area contributed by atoms with Crippen LogP contribution in [0, 0.1) is 13.8 Å². The highest BCUT2D eigenvalue weighted by molar-refractivity contribution is 5.38.